The van der Waals surface area contributed by atoms with Gasteiger partial charge >= 0.3 is 0 Å². The van der Waals surface area contributed by atoms with E-state index in [4.69, 9.17) is 11.0 Å². The molecule has 4 rings (SSSR count). The molecule has 0 spiro atoms. The lowest BCUT2D eigenvalue weighted by Crippen LogP contribution is -1.90. The van der Waals surface area contributed by atoms with E-state index in [0.717, 1.165) is 10.8 Å². The van der Waals surface area contributed by atoms with E-state index >= 15 is 0 Å². The van der Waals surface area contributed by atoms with Crippen molar-refractivity contribution in [3.05, 3.63) is 77.4 Å². The summed E-state index contributed by atoms with van der Waals surface area (Å²) >= 11 is 0. The number of furan rings is 1. The number of fused-ring (bicyclic) bond motifs is 3. The Morgan fingerprint density at radius 3 is 2.50 bits per heavy atom. The quantitative estimate of drug-likeness (QED) is 0.348. The third-order valence-corrected chi connectivity index (χ3v) is 4.05. The average Bonchev–Trinajstić information content (AvgIpc) is 2.97. The summed E-state index contributed by atoms with van der Waals surface area (Å²) in [4.78, 5) is 14.9. The van der Waals surface area contributed by atoms with Crippen LogP contribution in [0.15, 0.2) is 59.0 Å². The molecule has 1 aromatic heterocycles. The second-order valence-electron chi connectivity index (χ2n) is 5.43. The zero-order chi connectivity index (χ0) is 16.7. The van der Waals surface area contributed by atoms with Crippen LogP contribution in [0, 0.1) is 12.4 Å². The molecule has 0 bridgehead atoms. The Labute approximate surface area is 136 Å². The van der Waals surface area contributed by atoms with Crippen molar-refractivity contribution in [3.63, 3.8) is 0 Å². The fourth-order valence-corrected chi connectivity index (χ4v) is 2.91. The number of benzene rings is 3. The molecule has 0 radical (unpaired) electrons. The van der Waals surface area contributed by atoms with Crippen LogP contribution in [0.4, 0.5) is 10.1 Å². The molecule has 0 amide bonds. The van der Waals surface area contributed by atoms with E-state index in [1.54, 1.807) is 48.5 Å². The van der Waals surface area contributed by atoms with Gasteiger partial charge in [-0.2, -0.15) is 0 Å². The minimum absolute atomic E-state index is 0.358. The van der Waals surface area contributed by atoms with Gasteiger partial charge in [-0.15, -0.1) is 0 Å². The minimum Gasteiger partial charge on any atom is -0.457 e. The van der Waals surface area contributed by atoms with Crippen molar-refractivity contribution in [2.45, 2.75) is 0 Å². The summed E-state index contributed by atoms with van der Waals surface area (Å²) in [5, 5.41) is 1.61. The van der Waals surface area contributed by atoms with Crippen LogP contribution >= 0.6 is 0 Å². The molecule has 0 saturated heterocycles. The molecule has 0 saturated carbocycles. The van der Waals surface area contributed by atoms with Gasteiger partial charge in [0.25, 0.3) is 0 Å². The van der Waals surface area contributed by atoms with Gasteiger partial charge < -0.3 is 4.42 Å². The molecular formula is C20H10FNO2. The predicted molar refractivity (Wildman–Crippen MR) is 90.8 cm³/mol. The van der Waals surface area contributed by atoms with Gasteiger partial charge in [0.05, 0.1) is 6.57 Å². The van der Waals surface area contributed by atoms with E-state index in [1.807, 2.05) is 0 Å². The number of nitrogens with zero attached hydrogens (tertiary/aromatic N) is 1. The first-order chi connectivity index (χ1) is 11.7. The normalized spacial score (nSPS) is 10.8. The summed E-state index contributed by atoms with van der Waals surface area (Å²) < 4.78 is 19.9. The molecule has 0 fully saturated rings. The van der Waals surface area contributed by atoms with Gasteiger partial charge in [0.2, 0.25) is 0 Å². The minimum atomic E-state index is -0.386. The summed E-state index contributed by atoms with van der Waals surface area (Å²) in [7, 11) is 0. The Hall–Kier alpha value is -3.45. The first-order valence-corrected chi connectivity index (χ1v) is 7.29. The topological polar surface area (TPSA) is 34.6 Å². The summed E-state index contributed by atoms with van der Waals surface area (Å²) in [6, 6.07) is 14.9. The van der Waals surface area contributed by atoms with E-state index in [9.17, 15) is 9.18 Å². The van der Waals surface area contributed by atoms with Crippen LogP contribution in [-0.4, -0.2) is 6.29 Å². The molecule has 0 aliphatic carbocycles. The summed E-state index contributed by atoms with van der Waals surface area (Å²) in [5.74, 6) is -0.386. The lowest BCUT2D eigenvalue weighted by atomic mass is 9.97. The number of hydrogen-bond acceptors (Lipinski definition) is 2. The fourth-order valence-electron chi connectivity index (χ4n) is 2.91. The maximum absolute atomic E-state index is 14.2. The van der Waals surface area contributed by atoms with Crippen molar-refractivity contribution in [3.8, 4) is 11.1 Å². The zero-order valence-electron chi connectivity index (χ0n) is 12.4. The van der Waals surface area contributed by atoms with Crippen LogP contribution in [0.25, 0.3) is 37.9 Å². The van der Waals surface area contributed by atoms with E-state index in [0.29, 0.717) is 39.8 Å². The first kappa shape index (κ1) is 14.2. The van der Waals surface area contributed by atoms with Gasteiger partial charge in [0, 0.05) is 21.9 Å². The van der Waals surface area contributed by atoms with Crippen LogP contribution in [-0.2, 0) is 0 Å². The van der Waals surface area contributed by atoms with Crippen molar-refractivity contribution in [1.29, 1.82) is 0 Å². The second kappa shape index (κ2) is 5.32. The molecule has 1 heterocycles. The maximum Gasteiger partial charge on any atom is 0.190 e. The summed E-state index contributed by atoms with van der Waals surface area (Å²) in [5.41, 5.74) is 2.83. The highest BCUT2D eigenvalue weighted by atomic mass is 19.1. The zero-order valence-corrected chi connectivity index (χ0v) is 12.4. The van der Waals surface area contributed by atoms with Gasteiger partial charge in [-0.1, -0.05) is 30.3 Å². The SMILES string of the molecule is [C-]#[N+]c1ccc2c(c1)oc1cc(C=O)c(-c3ccccc3F)cc12. The number of aldehydes is 1. The summed E-state index contributed by atoms with van der Waals surface area (Å²) in [6.45, 7) is 7.08. The van der Waals surface area contributed by atoms with Gasteiger partial charge in [-0.3, -0.25) is 4.79 Å². The maximum atomic E-state index is 14.2. The molecule has 0 aliphatic rings. The lowest BCUT2D eigenvalue weighted by molar-refractivity contribution is 0.112. The van der Waals surface area contributed by atoms with Gasteiger partial charge in [0.15, 0.2) is 12.0 Å². The van der Waals surface area contributed by atoms with E-state index in [1.165, 1.54) is 6.07 Å². The molecule has 0 atom stereocenters. The second-order valence-corrected chi connectivity index (χ2v) is 5.43. The highest BCUT2D eigenvalue weighted by Crippen LogP contribution is 2.36. The van der Waals surface area contributed by atoms with Crippen molar-refractivity contribution >= 4 is 33.9 Å². The Kier molecular flexibility index (Phi) is 3.14. The Morgan fingerprint density at radius 2 is 1.75 bits per heavy atom. The number of hydrogen-bond donors (Lipinski definition) is 0. The van der Waals surface area contributed by atoms with Crippen molar-refractivity contribution in [1.82, 2.24) is 0 Å². The molecule has 0 aliphatic heterocycles. The highest BCUT2D eigenvalue weighted by Gasteiger charge is 2.15. The highest BCUT2D eigenvalue weighted by molar-refractivity contribution is 6.09. The Morgan fingerprint density at radius 1 is 0.958 bits per heavy atom. The molecule has 0 N–H and O–H groups in total. The van der Waals surface area contributed by atoms with Crippen molar-refractivity contribution in [2.24, 2.45) is 0 Å². The van der Waals surface area contributed by atoms with Crippen LogP contribution < -0.4 is 0 Å². The van der Waals surface area contributed by atoms with Crippen LogP contribution in [0.1, 0.15) is 10.4 Å². The third-order valence-electron chi connectivity index (χ3n) is 4.05. The molecule has 3 nitrogen and oxygen atoms in total. The molecule has 0 unspecified atom stereocenters. The third kappa shape index (κ3) is 2.07. The van der Waals surface area contributed by atoms with Crippen LogP contribution in [0.2, 0.25) is 0 Å². The molecule has 114 valence electrons. The van der Waals surface area contributed by atoms with Crippen molar-refractivity contribution < 1.29 is 13.6 Å². The monoisotopic (exact) mass is 315 g/mol. The smallest absolute Gasteiger partial charge is 0.190 e. The van der Waals surface area contributed by atoms with E-state index in [2.05, 4.69) is 4.85 Å². The van der Waals surface area contributed by atoms with Gasteiger partial charge in [-0.25, -0.2) is 9.24 Å². The number of rotatable bonds is 2. The van der Waals surface area contributed by atoms with Gasteiger partial charge in [-0.05, 0) is 29.8 Å². The lowest BCUT2D eigenvalue weighted by Gasteiger charge is -2.06. The number of halogens is 1. The van der Waals surface area contributed by atoms with Crippen LogP contribution in [0.5, 0.6) is 0 Å². The van der Waals surface area contributed by atoms with E-state index < -0.39 is 0 Å². The van der Waals surface area contributed by atoms with Crippen molar-refractivity contribution in [2.75, 3.05) is 0 Å². The molecular weight excluding hydrogens is 305 g/mol. The summed E-state index contributed by atoms with van der Waals surface area (Å²) in [6.07, 6.45) is 0.693. The molecule has 3 aromatic carbocycles. The standard InChI is InChI=1S/C20H10FNO2/c1-22-13-6-7-15-17-10-16(14-4-2-3-5-18(14)21)12(11-23)8-19(17)24-20(15)9-13/h2-11H. The Balaban J connectivity index is 2.08. The van der Waals surface area contributed by atoms with E-state index in [-0.39, 0.29) is 5.82 Å². The molecule has 4 heteroatoms. The van der Waals surface area contributed by atoms with Crippen LogP contribution in [0.3, 0.4) is 0 Å². The molecule has 4 aromatic rings. The number of carbonyl (C=O) groups is 1. The largest absolute Gasteiger partial charge is 0.457 e. The fraction of sp³-hybridized carbons (Fsp3) is 0. The number of carbonyl (C=O) groups excluding carboxylic acids is 1. The Bertz CT molecular complexity index is 1150. The average molecular weight is 315 g/mol. The predicted octanol–water partition coefficient (Wildman–Crippen LogP) is 5.76. The molecule has 24 heavy (non-hydrogen) atoms. The first-order valence-electron chi connectivity index (χ1n) is 7.29. The van der Waals surface area contributed by atoms with Gasteiger partial charge in [0.1, 0.15) is 17.0 Å².